The maximum atomic E-state index is 4.74. The number of hydrogen-bond donors (Lipinski definition) is 2. The van der Waals surface area contributed by atoms with Crippen LogP contribution in [-0.4, -0.2) is 6.61 Å². The Morgan fingerprint density at radius 2 is 2.50 bits per heavy atom. The molecule has 0 saturated heterocycles. The minimum atomic E-state index is 0.677. The fourth-order valence-electron chi connectivity index (χ4n) is 0.161. The third-order valence-corrected chi connectivity index (χ3v) is 0.390. The van der Waals surface area contributed by atoms with Gasteiger partial charge in [-0.1, -0.05) is 6.92 Å². The van der Waals surface area contributed by atoms with Gasteiger partial charge in [0, 0.05) is 0 Å². The molecule has 0 fully saturated rings. The van der Waals surface area contributed by atoms with E-state index < -0.39 is 0 Å². The molecule has 0 aromatic heterocycles. The molecule has 0 spiro atoms. The Balaban J connectivity index is 2.34. The number of rotatable bonds is 3. The summed E-state index contributed by atoms with van der Waals surface area (Å²) in [4.78, 5) is 4.51. The number of nitrogens with two attached hydrogens (primary N) is 1. The van der Waals surface area contributed by atoms with Crippen molar-refractivity contribution in [2.75, 3.05) is 6.61 Å². The van der Waals surface area contributed by atoms with E-state index in [1.165, 1.54) is 0 Å². The SMILES string of the molecule is CCCONN. The van der Waals surface area contributed by atoms with E-state index in [2.05, 4.69) is 10.4 Å². The molecule has 0 saturated carbocycles. The van der Waals surface area contributed by atoms with Gasteiger partial charge in [-0.25, -0.2) is 5.84 Å². The van der Waals surface area contributed by atoms with E-state index in [0.717, 1.165) is 6.42 Å². The van der Waals surface area contributed by atoms with Gasteiger partial charge in [0.05, 0.1) is 6.61 Å². The molecule has 0 unspecified atom stereocenters. The lowest BCUT2D eigenvalue weighted by atomic mass is 10.5. The van der Waals surface area contributed by atoms with E-state index in [4.69, 9.17) is 5.84 Å². The van der Waals surface area contributed by atoms with Gasteiger partial charge in [-0.3, -0.25) is 4.84 Å². The first-order chi connectivity index (χ1) is 2.91. The molecule has 6 heavy (non-hydrogen) atoms. The molecule has 0 aromatic rings. The van der Waals surface area contributed by atoms with Crippen molar-refractivity contribution >= 4 is 0 Å². The monoisotopic (exact) mass is 90.1 g/mol. The average molecular weight is 90.1 g/mol. The van der Waals surface area contributed by atoms with Gasteiger partial charge in [0.2, 0.25) is 0 Å². The second-order valence-corrected chi connectivity index (χ2v) is 0.966. The van der Waals surface area contributed by atoms with Crippen LogP contribution in [-0.2, 0) is 4.84 Å². The Kier molecular flexibility index (Phi) is 4.78. The van der Waals surface area contributed by atoms with Crippen LogP contribution in [0.3, 0.4) is 0 Å². The van der Waals surface area contributed by atoms with Gasteiger partial charge in [-0.15, -0.1) is 5.59 Å². The topological polar surface area (TPSA) is 47.3 Å². The highest BCUT2D eigenvalue weighted by molar-refractivity contribution is 4.15. The summed E-state index contributed by atoms with van der Waals surface area (Å²) >= 11 is 0. The van der Waals surface area contributed by atoms with Crippen molar-refractivity contribution in [2.24, 2.45) is 5.84 Å². The fraction of sp³-hybridized carbons (Fsp3) is 1.00. The Morgan fingerprint density at radius 3 is 2.67 bits per heavy atom. The third-order valence-electron chi connectivity index (χ3n) is 0.390. The third kappa shape index (κ3) is 3.88. The molecular formula is C3H10N2O. The Bertz CT molecular complexity index is 20.8. The Labute approximate surface area is 37.4 Å². The van der Waals surface area contributed by atoms with Gasteiger partial charge in [-0.2, -0.15) is 0 Å². The highest BCUT2D eigenvalue weighted by atomic mass is 16.7. The summed E-state index contributed by atoms with van der Waals surface area (Å²) in [5.41, 5.74) is 2.07. The summed E-state index contributed by atoms with van der Waals surface area (Å²) in [6.45, 7) is 2.69. The van der Waals surface area contributed by atoms with Crippen LogP contribution in [0.4, 0.5) is 0 Å². The molecule has 38 valence electrons. The molecule has 0 radical (unpaired) electrons. The van der Waals surface area contributed by atoms with Crippen molar-refractivity contribution < 1.29 is 4.84 Å². The summed E-state index contributed by atoms with van der Waals surface area (Å²) in [6, 6.07) is 0. The van der Waals surface area contributed by atoms with Crippen molar-refractivity contribution in [1.82, 2.24) is 5.59 Å². The Morgan fingerprint density at radius 1 is 1.83 bits per heavy atom. The van der Waals surface area contributed by atoms with Gasteiger partial charge in [-0.05, 0) is 6.42 Å². The number of hydrazine groups is 1. The van der Waals surface area contributed by atoms with Gasteiger partial charge >= 0.3 is 0 Å². The van der Waals surface area contributed by atoms with Crippen LogP contribution < -0.4 is 11.4 Å². The quantitative estimate of drug-likeness (QED) is 0.286. The van der Waals surface area contributed by atoms with Crippen LogP contribution in [0.25, 0.3) is 0 Å². The molecule has 0 rings (SSSR count). The van der Waals surface area contributed by atoms with E-state index in [9.17, 15) is 0 Å². The summed E-state index contributed by atoms with van der Waals surface area (Å²) in [6.07, 6.45) is 0.990. The molecular weight excluding hydrogens is 80.0 g/mol. The van der Waals surface area contributed by atoms with Gasteiger partial charge < -0.3 is 0 Å². The van der Waals surface area contributed by atoms with Crippen LogP contribution in [0.5, 0.6) is 0 Å². The molecule has 0 aliphatic rings. The van der Waals surface area contributed by atoms with Gasteiger partial charge in [0.25, 0.3) is 0 Å². The highest BCUT2D eigenvalue weighted by Gasteiger charge is 1.72. The zero-order chi connectivity index (χ0) is 4.83. The lowest BCUT2D eigenvalue weighted by molar-refractivity contribution is 0.0417. The van der Waals surface area contributed by atoms with Crippen molar-refractivity contribution in [3.63, 3.8) is 0 Å². The zero-order valence-electron chi connectivity index (χ0n) is 3.90. The first-order valence-corrected chi connectivity index (χ1v) is 1.99. The van der Waals surface area contributed by atoms with Crippen molar-refractivity contribution in [1.29, 1.82) is 0 Å². The van der Waals surface area contributed by atoms with Gasteiger partial charge in [0.15, 0.2) is 0 Å². The van der Waals surface area contributed by atoms with Gasteiger partial charge in [0.1, 0.15) is 0 Å². The summed E-state index contributed by atoms with van der Waals surface area (Å²) in [5, 5.41) is 0. The number of nitrogens with one attached hydrogen (secondary N) is 1. The van der Waals surface area contributed by atoms with Crippen LogP contribution in [0, 0.1) is 0 Å². The van der Waals surface area contributed by atoms with E-state index in [-0.39, 0.29) is 0 Å². The maximum absolute atomic E-state index is 4.74. The Hall–Kier alpha value is -0.120. The first kappa shape index (κ1) is 5.88. The second kappa shape index (κ2) is 4.88. The summed E-state index contributed by atoms with van der Waals surface area (Å²) in [5.74, 6) is 4.74. The molecule has 0 atom stereocenters. The smallest absolute Gasteiger partial charge is 0.0695 e. The molecule has 3 N–H and O–H groups in total. The molecule has 0 aromatic carbocycles. The van der Waals surface area contributed by atoms with Crippen molar-refractivity contribution in [3.05, 3.63) is 0 Å². The highest BCUT2D eigenvalue weighted by Crippen LogP contribution is 1.69. The first-order valence-electron chi connectivity index (χ1n) is 1.99. The largest absolute Gasteiger partial charge is 0.287 e. The van der Waals surface area contributed by atoms with E-state index in [0.29, 0.717) is 6.61 Å². The van der Waals surface area contributed by atoms with E-state index in [1.807, 2.05) is 6.92 Å². The summed E-state index contributed by atoms with van der Waals surface area (Å²) in [7, 11) is 0. The molecule has 0 amide bonds. The van der Waals surface area contributed by atoms with Crippen LogP contribution in [0.15, 0.2) is 0 Å². The minimum absolute atomic E-state index is 0.677. The predicted molar refractivity (Wildman–Crippen MR) is 23.6 cm³/mol. The molecule has 0 bridgehead atoms. The van der Waals surface area contributed by atoms with Crippen molar-refractivity contribution in [3.8, 4) is 0 Å². The molecule has 0 aliphatic carbocycles. The fourth-order valence-corrected chi connectivity index (χ4v) is 0.161. The second-order valence-electron chi connectivity index (χ2n) is 0.966. The van der Waals surface area contributed by atoms with Crippen molar-refractivity contribution in [2.45, 2.75) is 13.3 Å². The van der Waals surface area contributed by atoms with Crippen LogP contribution >= 0.6 is 0 Å². The molecule has 0 heterocycles. The predicted octanol–water partition coefficient (Wildman–Crippen LogP) is -0.209. The zero-order valence-corrected chi connectivity index (χ0v) is 3.90. The normalized spacial score (nSPS) is 9.00. The lowest BCUT2D eigenvalue weighted by Crippen LogP contribution is -2.22. The number of hydrogen-bond acceptors (Lipinski definition) is 3. The maximum Gasteiger partial charge on any atom is 0.0695 e. The lowest BCUT2D eigenvalue weighted by Gasteiger charge is -1.92. The van der Waals surface area contributed by atoms with E-state index >= 15 is 0 Å². The standard InChI is InChI=1S/C3H10N2O/c1-2-3-6-5-4/h5H,2-4H2,1H3. The molecule has 3 heteroatoms. The summed E-state index contributed by atoms with van der Waals surface area (Å²) < 4.78 is 0. The molecule has 0 aliphatic heterocycles. The van der Waals surface area contributed by atoms with Crippen LogP contribution in [0.1, 0.15) is 13.3 Å². The van der Waals surface area contributed by atoms with Crippen LogP contribution in [0.2, 0.25) is 0 Å². The van der Waals surface area contributed by atoms with E-state index in [1.54, 1.807) is 0 Å². The molecule has 3 nitrogen and oxygen atoms in total. The minimum Gasteiger partial charge on any atom is -0.287 e. The average Bonchev–Trinajstić information content (AvgIpc) is 1.61.